The fourth-order valence-corrected chi connectivity index (χ4v) is 2.59. The third-order valence-electron chi connectivity index (χ3n) is 3.83. The molecule has 7 nitrogen and oxygen atoms in total. The number of nitrogens with two attached hydrogens (primary N) is 1. The summed E-state index contributed by atoms with van der Waals surface area (Å²) in [6.07, 6.45) is 6.29. The molecule has 0 spiro atoms. The van der Waals surface area contributed by atoms with Gasteiger partial charge in [-0.3, -0.25) is 9.48 Å². The standard InChI is InChI=1S/C13H23N5O2/c14-13(20)10-2-4-11(5-3-10)15-8-12-9-18(17-16-12)6-1-7-19/h9-11,15,19H,1-8H2,(H2,14,20). The smallest absolute Gasteiger partial charge is 0.220 e. The lowest BCUT2D eigenvalue weighted by Gasteiger charge is -2.27. The van der Waals surface area contributed by atoms with Crippen LogP contribution >= 0.6 is 0 Å². The molecule has 0 aromatic carbocycles. The first-order valence-corrected chi connectivity index (χ1v) is 7.21. The zero-order chi connectivity index (χ0) is 14.4. The third kappa shape index (κ3) is 4.28. The highest BCUT2D eigenvalue weighted by Crippen LogP contribution is 2.23. The number of nitrogens with zero attached hydrogens (tertiary/aromatic N) is 3. The molecule has 2 rings (SSSR count). The highest BCUT2D eigenvalue weighted by atomic mass is 16.3. The fraction of sp³-hybridized carbons (Fsp3) is 0.769. The zero-order valence-electron chi connectivity index (χ0n) is 11.7. The van der Waals surface area contributed by atoms with Gasteiger partial charge in [0.05, 0.1) is 5.69 Å². The predicted octanol–water partition coefficient (Wildman–Crippen LogP) is -0.206. The first-order valence-electron chi connectivity index (χ1n) is 7.21. The van der Waals surface area contributed by atoms with E-state index in [2.05, 4.69) is 15.6 Å². The van der Waals surface area contributed by atoms with Crippen molar-refractivity contribution in [3.05, 3.63) is 11.9 Å². The van der Waals surface area contributed by atoms with E-state index in [0.717, 1.165) is 31.4 Å². The molecule has 0 atom stereocenters. The zero-order valence-corrected chi connectivity index (χ0v) is 11.7. The van der Waals surface area contributed by atoms with Crippen molar-refractivity contribution in [3.63, 3.8) is 0 Å². The number of primary amides is 1. The molecule has 1 heterocycles. The van der Waals surface area contributed by atoms with E-state index in [-0.39, 0.29) is 18.4 Å². The maximum absolute atomic E-state index is 11.1. The molecule has 7 heteroatoms. The molecule has 4 N–H and O–H groups in total. The van der Waals surface area contributed by atoms with E-state index in [0.29, 0.717) is 25.6 Å². The second-order valence-corrected chi connectivity index (χ2v) is 5.38. The Morgan fingerprint density at radius 1 is 1.45 bits per heavy atom. The Morgan fingerprint density at radius 2 is 2.20 bits per heavy atom. The Morgan fingerprint density at radius 3 is 2.85 bits per heavy atom. The summed E-state index contributed by atoms with van der Waals surface area (Å²) >= 11 is 0. The summed E-state index contributed by atoms with van der Waals surface area (Å²) in [6.45, 7) is 1.54. The minimum atomic E-state index is -0.171. The van der Waals surface area contributed by atoms with Crippen molar-refractivity contribution < 1.29 is 9.90 Å². The normalized spacial score (nSPS) is 22.9. The van der Waals surface area contributed by atoms with Crippen molar-refractivity contribution in [1.82, 2.24) is 20.3 Å². The number of carbonyl (C=O) groups excluding carboxylic acids is 1. The van der Waals surface area contributed by atoms with Gasteiger partial charge in [-0.2, -0.15) is 0 Å². The minimum Gasteiger partial charge on any atom is -0.396 e. The van der Waals surface area contributed by atoms with Crippen LogP contribution in [0.4, 0.5) is 0 Å². The largest absolute Gasteiger partial charge is 0.396 e. The predicted molar refractivity (Wildman–Crippen MR) is 73.5 cm³/mol. The molecule has 1 aliphatic rings. The second-order valence-electron chi connectivity index (χ2n) is 5.38. The summed E-state index contributed by atoms with van der Waals surface area (Å²) in [6, 6.07) is 0.424. The number of aliphatic hydroxyl groups excluding tert-OH is 1. The van der Waals surface area contributed by atoms with Crippen LogP contribution in [0.3, 0.4) is 0 Å². The molecular formula is C13H23N5O2. The molecule has 20 heavy (non-hydrogen) atoms. The molecule has 1 fully saturated rings. The van der Waals surface area contributed by atoms with Crippen LogP contribution in [0.15, 0.2) is 6.20 Å². The molecule has 0 unspecified atom stereocenters. The van der Waals surface area contributed by atoms with Gasteiger partial charge in [-0.05, 0) is 32.1 Å². The van der Waals surface area contributed by atoms with Crippen LogP contribution in [-0.2, 0) is 17.9 Å². The summed E-state index contributed by atoms with van der Waals surface area (Å²) in [7, 11) is 0. The molecule has 1 amide bonds. The molecule has 1 saturated carbocycles. The summed E-state index contributed by atoms with van der Waals surface area (Å²) in [5, 5.41) is 20.3. The topological polar surface area (TPSA) is 106 Å². The van der Waals surface area contributed by atoms with Gasteiger partial charge in [0.25, 0.3) is 0 Å². The molecular weight excluding hydrogens is 258 g/mol. The molecule has 1 aliphatic carbocycles. The summed E-state index contributed by atoms with van der Waals surface area (Å²) in [4.78, 5) is 11.1. The quantitative estimate of drug-likeness (QED) is 0.641. The lowest BCUT2D eigenvalue weighted by atomic mass is 9.85. The minimum absolute atomic E-state index is 0.0485. The van der Waals surface area contributed by atoms with Crippen LogP contribution in [0, 0.1) is 5.92 Å². The number of hydrogen-bond donors (Lipinski definition) is 3. The summed E-state index contributed by atoms with van der Waals surface area (Å²) in [5.74, 6) is -0.123. The van der Waals surface area contributed by atoms with Crippen LogP contribution < -0.4 is 11.1 Å². The first kappa shape index (κ1) is 14.9. The Bertz CT molecular complexity index is 426. The Balaban J connectivity index is 1.70. The Labute approximate surface area is 118 Å². The molecule has 1 aromatic heterocycles. The third-order valence-corrected chi connectivity index (χ3v) is 3.83. The van der Waals surface area contributed by atoms with E-state index in [4.69, 9.17) is 10.8 Å². The molecule has 0 radical (unpaired) electrons. The summed E-state index contributed by atoms with van der Waals surface area (Å²) < 4.78 is 1.75. The van der Waals surface area contributed by atoms with E-state index < -0.39 is 0 Å². The van der Waals surface area contributed by atoms with Gasteiger partial charge in [0.15, 0.2) is 0 Å². The number of rotatable bonds is 7. The highest BCUT2D eigenvalue weighted by Gasteiger charge is 2.24. The van der Waals surface area contributed by atoms with Crippen molar-refractivity contribution in [2.24, 2.45) is 11.7 Å². The van der Waals surface area contributed by atoms with Gasteiger partial charge >= 0.3 is 0 Å². The number of aromatic nitrogens is 3. The van der Waals surface area contributed by atoms with E-state index in [9.17, 15) is 4.79 Å². The van der Waals surface area contributed by atoms with Crippen molar-refractivity contribution in [2.75, 3.05) is 6.61 Å². The SMILES string of the molecule is NC(=O)C1CCC(NCc2cn(CCCO)nn2)CC1. The summed E-state index contributed by atoms with van der Waals surface area (Å²) in [5.41, 5.74) is 6.22. The maximum Gasteiger partial charge on any atom is 0.220 e. The average molecular weight is 281 g/mol. The number of carbonyl (C=O) groups is 1. The number of aliphatic hydroxyl groups is 1. The first-order chi connectivity index (χ1) is 9.69. The molecule has 0 aliphatic heterocycles. The average Bonchev–Trinajstić information content (AvgIpc) is 2.91. The van der Waals surface area contributed by atoms with Crippen molar-refractivity contribution in [2.45, 2.75) is 51.2 Å². The van der Waals surface area contributed by atoms with Crippen LogP contribution in [0.2, 0.25) is 0 Å². The molecule has 112 valence electrons. The monoisotopic (exact) mass is 281 g/mol. The highest BCUT2D eigenvalue weighted by molar-refractivity contribution is 5.76. The fourth-order valence-electron chi connectivity index (χ4n) is 2.59. The van der Waals surface area contributed by atoms with Gasteiger partial charge in [0.2, 0.25) is 5.91 Å². The van der Waals surface area contributed by atoms with Crippen molar-refractivity contribution in [3.8, 4) is 0 Å². The van der Waals surface area contributed by atoms with E-state index in [1.807, 2.05) is 6.20 Å². The van der Waals surface area contributed by atoms with Crippen LogP contribution in [0.25, 0.3) is 0 Å². The number of nitrogens with one attached hydrogen (secondary N) is 1. The van der Waals surface area contributed by atoms with E-state index in [1.54, 1.807) is 4.68 Å². The van der Waals surface area contributed by atoms with Crippen LogP contribution in [0.1, 0.15) is 37.8 Å². The van der Waals surface area contributed by atoms with Crippen LogP contribution in [0.5, 0.6) is 0 Å². The van der Waals surface area contributed by atoms with Gasteiger partial charge in [-0.1, -0.05) is 5.21 Å². The number of hydrogen-bond acceptors (Lipinski definition) is 5. The van der Waals surface area contributed by atoms with Gasteiger partial charge < -0.3 is 16.2 Å². The van der Waals surface area contributed by atoms with Crippen molar-refractivity contribution >= 4 is 5.91 Å². The van der Waals surface area contributed by atoms with Gasteiger partial charge in [-0.15, -0.1) is 5.10 Å². The van der Waals surface area contributed by atoms with Crippen molar-refractivity contribution in [1.29, 1.82) is 0 Å². The number of aryl methyl sites for hydroxylation is 1. The molecule has 0 bridgehead atoms. The maximum atomic E-state index is 11.1. The van der Waals surface area contributed by atoms with Gasteiger partial charge in [0.1, 0.15) is 0 Å². The lowest BCUT2D eigenvalue weighted by molar-refractivity contribution is -0.122. The lowest BCUT2D eigenvalue weighted by Crippen LogP contribution is -2.36. The van der Waals surface area contributed by atoms with E-state index in [1.165, 1.54) is 0 Å². The molecule has 1 aromatic rings. The van der Waals surface area contributed by atoms with Crippen LogP contribution in [-0.4, -0.2) is 38.7 Å². The second kappa shape index (κ2) is 7.35. The number of amides is 1. The Kier molecular flexibility index (Phi) is 5.49. The Hall–Kier alpha value is -1.47. The van der Waals surface area contributed by atoms with Gasteiger partial charge in [0, 0.05) is 37.9 Å². The van der Waals surface area contributed by atoms with E-state index >= 15 is 0 Å². The van der Waals surface area contributed by atoms with Gasteiger partial charge in [-0.25, -0.2) is 0 Å². The molecule has 0 saturated heterocycles.